The van der Waals surface area contributed by atoms with Gasteiger partial charge in [-0.1, -0.05) is 24.3 Å². The van der Waals surface area contributed by atoms with Crippen LogP contribution in [-0.2, 0) is 0 Å². The predicted octanol–water partition coefficient (Wildman–Crippen LogP) is 2.76. The summed E-state index contributed by atoms with van der Waals surface area (Å²) in [6.07, 6.45) is 0. The maximum Gasteiger partial charge on any atom is 0.123 e. The van der Waals surface area contributed by atoms with Gasteiger partial charge in [0.05, 0.1) is 13.2 Å². The maximum atomic E-state index is 6.32. The van der Waals surface area contributed by atoms with Crippen LogP contribution in [0.15, 0.2) is 36.4 Å². The first kappa shape index (κ1) is 12.6. The van der Waals surface area contributed by atoms with Crippen molar-refractivity contribution in [3.05, 3.63) is 58.9 Å². The number of pyridine rings is 1. The van der Waals surface area contributed by atoms with Gasteiger partial charge in [-0.05, 0) is 31.5 Å². The van der Waals surface area contributed by atoms with Gasteiger partial charge < -0.3 is 10.5 Å². The molecule has 1 unspecified atom stereocenters. The molecule has 3 nitrogen and oxygen atoms in total. The Morgan fingerprint density at radius 1 is 1.06 bits per heavy atom. The van der Waals surface area contributed by atoms with Crippen LogP contribution in [0.2, 0.25) is 0 Å². The molecule has 18 heavy (non-hydrogen) atoms. The second kappa shape index (κ2) is 5.19. The van der Waals surface area contributed by atoms with E-state index in [0.717, 1.165) is 28.3 Å². The molecule has 0 fully saturated rings. The number of aromatic nitrogens is 1. The molecule has 1 heterocycles. The SMILES string of the molecule is COc1ccccc1C(N)c1ccc(C)nc1C. The molecule has 2 N–H and O–H groups in total. The van der Waals surface area contributed by atoms with Crippen LogP contribution >= 0.6 is 0 Å². The Balaban J connectivity index is 2.44. The number of para-hydroxylation sites is 1. The quantitative estimate of drug-likeness (QED) is 0.900. The minimum absolute atomic E-state index is 0.214. The molecule has 1 atom stereocenters. The van der Waals surface area contributed by atoms with Crippen molar-refractivity contribution in [3.8, 4) is 5.75 Å². The lowest BCUT2D eigenvalue weighted by atomic mass is 9.97. The predicted molar refractivity (Wildman–Crippen MR) is 72.7 cm³/mol. The van der Waals surface area contributed by atoms with Crippen LogP contribution in [0.1, 0.15) is 28.6 Å². The smallest absolute Gasteiger partial charge is 0.123 e. The molecule has 94 valence electrons. The Hall–Kier alpha value is -1.87. The fraction of sp³-hybridized carbons (Fsp3) is 0.267. The summed E-state index contributed by atoms with van der Waals surface area (Å²) in [4.78, 5) is 4.45. The zero-order valence-electron chi connectivity index (χ0n) is 11.0. The second-order valence-electron chi connectivity index (χ2n) is 4.35. The number of hydrogen-bond acceptors (Lipinski definition) is 3. The standard InChI is InChI=1S/C15H18N2O/c1-10-8-9-12(11(2)17-10)15(16)13-6-4-5-7-14(13)18-3/h4-9,15H,16H2,1-3H3. The Bertz CT molecular complexity index is 552. The molecule has 0 aliphatic heterocycles. The summed E-state index contributed by atoms with van der Waals surface area (Å²) >= 11 is 0. The Labute approximate surface area is 108 Å². The highest BCUT2D eigenvalue weighted by Crippen LogP contribution is 2.29. The van der Waals surface area contributed by atoms with Crippen molar-refractivity contribution in [1.82, 2.24) is 4.98 Å². The number of benzene rings is 1. The van der Waals surface area contributed by atoms with Gasteiger partial charge in [0.2, 0.25) is 0 Å². The van der Waals surface area contributed by atoms with Crippen molar-refractivity contribution < 1.29 is 4.74 Å². The molecule has 0 spiro atoms. The molecular formula is C15H18N2O. The van der Waals surface area contributed by atoms with Crippen molar-refractivity contribution in [2.24, 2.45) is 5.73 Å². The molecular weight excluding hydrogens is 224 g/mol. The summed E-state index contributed by atoms with van der Waals surface area (Å²) in [6, 6.07) is 11.6. The summed E-state index contributed by atoms with van der Waals surface area (Å²) < 4.78 is 5.35. The molecule has 0 aliphatic rings. The Kier molecular flexibility index (Phi) is 3.63. The van der Waals surface area contributed by atoms with E-state index in [9.17, 15) is 0 Å². The first-order valence-corrected chi connectivity index (χ1v) is 5.96. The van der Waals surface area contributed by atoms with Gasteiger partial charge in [-0.3, -0.25) is 4.98 Å². The Morgan fingerprint density at radius 2 is 1.78 bits per heavy atom. The zero-order valence-corrected chi connectivity index (χ0v) is 11.0. The molecule has 3 heteroatoms. The number of rotatable bonds is 3. The monoisotopic (exact) mass is 242 g/mol. The van der Waals surface area contributed by atoms with E-state index < -0.39 is 0 Å². The van der Waals surface area contributed by atoms with Gasteiger partial charge in [-0.15, -0.1) is 0 Å². The molecule has 0 aliphatic carbocycles. The van der Waals surface area contributed by atoms with E-state index in [4.69, 9.17) is 10.5 Å². The zero-order chi connectivity index (χ0) is 13.1. The van der Waals surface area contributed by atoms with Crippen LogP contribution in [0.25, 0.3) is 0 Å². The first-order valence-electron chi connectivity index (χ1n) is 5.96. The van der Waals surface area contributed by atoms with Gasteiger partial charge in [0.25, 0.3) is 0 Å². The van der Waals surface area contributed by atoms with Gasteiger partial charge in [-0.2, -0.15) is 0 Å². The van der Waals surface area contributed by atoms with Crippen molar-refractivity contribution in [3.63, 3.8) is 0 Å². The average Bonchev–Trinajstić information content (AvgIpc) is 2.38. The van der Waals surface area contributed by atoms with Gasteiger partial charge in [-0.25, -0.2) is 0 Å². The van der Waals surface area contributed by atoms with E-state index in [1.165, 1.54) is 0 Å². The van der Waals surface area contributed by atoms with E-state index >= 15 is 0 Å². The molecule has 0 amide bonds. The van der Waals surface area contributed by atoms with E-state index in [1.54, 1.807) is 7.11 Å². The van der Waals surface area contributed by atoms with Gasteiger partial charge in [0, 0.05) is 17.0 Å². The lowest BCUT2D eigenvalue weighted by Crippen LogP contribution is -2.15. The topological polar surface area (TPSA) is 48.1 Å². The number of aryl methyl sites for hydroxylation is 2. The van der Waals surface area contributed by atoms with Crippen LogP contribution in [0, 0.1) is 13.8 Å². The fourth-order valence-corrected chi connectivity index (χ4v) is 2.12. The minimum Gasteiger partial charge on any atom is -0.496 e. The molecule has 0 radical (unpaired) electrons. The highest BCUT2D eigenvalue weighted by Gasteiger charge is 2.15. The van der Waals surface area contributed by atoms with Crippen molar-refractivity contribution in [2.75, 3.05) is 7.11 Å². The van der Waals surface area contributed by atoms with Crippen molar-refractivity contribution >= 4 is 0 Å². The second-order valence-corrected chi connectivity index (χ2v) is 4.35. The van der Waals surface area contributed by atoms with E-state index in [-0.39, 0.29) is 6.04 Å². The molecule has 1 aromatic heterocycles. The molecule has 2 rings (SSSR count). The lowest BCUT2D eigenvalue weighted by molar-refractivity contribution is 0.408. The third kappa shape index (κ3) is 2.36. The van der Waals surface area contributed by atoms with E-state index in [1.807, 2.05) is 50.2 Å². The summed E-state index contributed by atoms with van der Waals surface area (Å²) in [6.45, 7) is 3.96. The van der Waals surface area contributed by atoms with Gasteiger partial charge >= 0.3 is 0 Å². The maximum absolute atomic E-state index is 6.32. The molecule has 0 bridgehead atoms. The first-order chi connectivity index (χ1) is 8.63. The molecule has 2 aromatic rings. The van der Waals surface area contributed by atoms with Crippen molar-refractivity contribution in [1.29, 1.82) is 0 Å². The van der Waals surface area contributed by atoms with Crippen LogP contribution in [0.4, 0.5) is 0 Å². The normalized spacial score (nSPS) is 12.2. The van der Waals surface area contributed by atoms with Crippen molar-refractivity contribution in [2.45, 2.75) is 19.9 Å². The van der Waals surface area contributed by atoms with Crippen LogP contribution in [0.5, 0.6) is 5.75 Å². The fourth-order valence-electron chi connectivity index (χ4n) is 2.12. The van der Waals surface area contributed by atoms with Crippen LogP contribution in [-0.4, -0.2) is 12.1 Å². The minimum atomic E-state index is -0.214. The largest absolute Gasteiger partial charge is 0.496 e. The Morgan fingerprint density at radius 3 is 2.44 bits per heavy atom. The number of ether oxygens (including phenoxy) is 1. The molecule has 0 saturated heterocycles. The van der Waals surface area contributed by atoms with E-state index in [2.05, 4.69) is 4.98 Å². The number of nitrogens with zero attached hydrogens (tertiary/aromatic N) is 1. The highest BCUT2D eigenvalue weighted by molar-refractivity contribution is 5.42. The van der Waals surface area contributed by atoms with Crippen LogP contribution < -0.4 is 10.5 Å². The highest BCUT2D eigenvalue weighted by atomic mass is 16.5. The van der Waals surface area contributed by atoms with Crippen LogP contribution in [0.3, 0.4) is 0 Å². The third-order valence-electron chi connectivity index (χ3n) is 3.07. The third-order valence-corrected chi connectivity index (χ3v) is 3.07. The summed E-state index contributed by atoms with van der Waals surface area (Å²) in [7, 11) is 1.66. The number of hydrogen-bond donors (Lipinski definition) is 1. The molecule has 1 aromatic carbocycles. The lowest BCUT2D eigenvalue weighted by Gasteiger charge is -2.17. The molecule has 0 saturated carbocycles. The van der Waals surface area contributed by atoms with Gasteiger partial charge in [0.15, 0.2) is 0 Å². The summed E-state index contributed by atoms with van der Waals surface area (Å²) in [5.74, 6) is 0.810. The van der Waals surface area contributed by atoms with Gasteiger partial charge in [0.1, 0.15) is 5.75 Å². The average molecular weight is 242 g/mol. The van der Waals surface area contributed by atoms with E-state index in [0.29, 0.717) is 0 Å². The summed E-state index contributed by atoms with van der Waals surface area (Å²) in [5, 5.41) is 0. The number of methoxy groups -OCH3 is 1. The number of nitrogens with two attached hydrogens (primary N) is 1. The summed E-state index contributed by atoms with van der Waals surface area (Å²) in [5.41, 5.74) is 10.3.